The Bertz CT molecular complexity index is 1320. The van der Waals surface area contributed by atoms with Crippen LogP contribution in [-0.2, 0) is 38.3 Å². The van der Waals surface area contributed by atoms with Gasteiger partial charge in [0.05, 0.1) is 19.8 Å². The smallest absolute Gasteiger partial charge is 0.397 e. The number of aliphatic hydroxyl groups excluding tert-OH is 3. The van der Waals surface area contributed by atoms with E-state index in [0.29, 0.717) is 13.0 Å². The summed E-state index contributed by atoms with van der Waals surface area (Å²) in [6, 6.07) is 0. The Hall–Kier alpha value is -1.68. The van der Waals surface area contributed by atoms with Crippen molar-refractivity contribution in [2.24, 2.45) is 0 Å². The molecule has 0 aliphatic carbocycles. The average Bonchev–Trinajstić information content (AvgIpc) is 3.31. The predicted octanol–water partition coefficient (Wildman–Crippen LogP) is 13.3. The largest absolute Gasteiger partial charge is 0.457 e. The van der Waals surface area contributed by atoms with Crippen molar-refractivity contribution in [1.29, 1.82) is 0 Å². The van der Waals surface area contributed by atoms with Crippen LogP contribution in [0.25, 0.3) is 0 Å². The third-order valence-corrected chi connectivity index (χ3v) is 13.2. The lowest BCUT2D eigenvalue weighted by Gasteiger charge is -2.41. The molecule has 1 fully saturated rings. The minimum Gasteiger partial charge on any atom is -0.457 e. The van der Waals surface area contributed by atoms with E-state index < -0.39 is 59.8 Å². The third-order valence-electron chi connectivity index (χ3n) is 12.8. The molecule has 0 bridgehead atoms. The molecule has 0 amide bonds. The molecule has 0 aromatic carbocycles. The van der Waals surface area contributed by atoms with Crippen LogP contribution in [0.2, 0.25) is 0 Å². The zero-order chi connectivity index (χ0) is 49.6. The highest BCUT2D eigenvalue weighted by molar-refractivity contribution is 7.80. The Morgan fingerprint density at radius 2 is 0.971 bits per heavy atom. The molecule has 1 heterocycles. The highest BCUT2D eigenvalue weighted by Crippen LogP contribution is 2.26. The van der Waals surface area contributed by atoms with Crippen molar-refractivity contribution in [2.75, 3.05) is 26.4 Å². The second kappa shape index (κ2) is 46.4. The molecule has 68 heavy (non-hydrogen) atoms. The van der Waals surface area contributed by atoms with Crippen LogP contribution in [0.1, 0.15) is 245 Å². The first kappa shape index (κ1) is 64.3. The maximum absolute atomic E-state index is 12.9. The molecule has 1 saturated heterocycles. The quantitative estimate of drug-likeness (QED) is 0.0197. The van der Waals surface area contributed by atoms with Crippen LogP contribution in [0.5, 0.6) is 0 Å². The van der Waals surface area contributed by atoms with Crippen molar-refractivity contribution in [3.63, 3.8) is 0 Å². The highest BCUT2D eigenvalue weighted by Gasteiger charge is 2.48. The monoisotopic (exact) mass is 987 g/mol. The van der Waals surface area contributed by atoms with Crippen LogP contribution in [0.3, 0.4) is 0 Å². The Morgan fingerprint density at radius 3 is 1.41 bits per heavy atom. The molecule has 0 radical (unpaired) electrons. The van der Waals surface area contributed by atoms with Crippen molar-refractivity contribution in [3.8, 4) is 0 Å². The Labute approximate surface area is 415 Å². The summed E-state index contributed by atoms with van der Waals surface area (Å²) in [5.41, 5.74) is 0. The number of ether oxygens (including phenoxy) is 4. The summed E-state index contributed by atoms with van der Waals surface area (Å²) < 4.78 is 59.3. The number of carbonyl (C=O) groups excluding carboxylic acids is 1. The Kier molecular flexibility index (Phi) is 43.9. The van der Waals surface area contributed by atoms with E-state index in [9.17, 15) is 33.1 Å². The van der Waals surface area contributed by atoms with Gasteiger partial charge in [-0.05, 0) is 51.4 Å². The SMILES string of the molecule is CCCCCCC/C=C\C/C=C\C/C=C\CCCCCCCCCCCCCOCC(COC1OC(CO)C(O)C(OS(=O)(=O)O)C1O)OC(=O)CCCCCCCCCCCCCCCCC. The van der Waals surface area contributed by atoms with Gasteiger partial charge < -0.3 is 34.3 Å². The van der Waals surface area contributed by atoms with Gasteiger partial charge in [-0.3, -0.25) is 9.35 Å². The van der Waals surface area contributed by atoms with Crippen LogP contribution in [0.4, 0.5) is 0 Å². The Morgan fingerprint density at radius 1 is 0.559 bits per heavy atom. The zero-order valence-corrected chi connectivity index (χ0v) is 44.0. The van der Waals surface area contributed by atoms with Gasteiger partial charge >= 0.3 is 16.4 Å². The lowest BCUT2D eigenvalue weighted by Crippen LogP contribution is -2.60. The van der Waals surface area contributed by atoms with Crippen LogP contribution < -0.4 is 0 Å². The van der Waals surface area contributed by atoms with Gasteiger partial charge in [-0.1, -0.05) is 224 Å². The molecule has 4 N–H and O–H groups in total. The van der Waals surface area contributed by atoms with Gasteiger partial charge in [0.2, 0.25) is 0 Å². The molecule has 12 nitrogen and oxygen atoms in total. The van der Waals surface area contributed by atoms with Gasteiger partial charge in [-0.15, -0.1) is 0 Å². The Balaban J connectivity index is 2.29. The van der Waals surface area contributed by atoms with Gasteiger partial charge in [-0.2, -0.15) is 8.42 Å². The third kappa shape index (κ3) is 39.0. The fourth-order valence-electron chi connectivity index (χ4n) is 8.56. The molecule has 1 aliphatic heterocycles. The summed E-state index contributed by atoms with van der Waals surface area (Å²) in [5.74, 6) is -0.396. The molecule has 13 heteroatoms. The second-order valence-corrected chi connectivity index (χ2v) is 20.2. The molecule has 400 valence electrons. The maximum atomic E-state index is 12.9. The topological polar surface area (TPSA) is 178 Å². The van der Waals surface area contributed by atoms with E-state index in [-0.39, 0.29) is 19.6 Å². The summed E-state index contributed by atoms with van der Waals surface area (Å²) in [6.07, 6.45) is 47.5. The molecule has 1 rings (SSSR count). The average molecular weight is 987 g/mol. The standard InChI is InChI=1S/C55H102O12S/c1-3-5-7-9-11-13-15-17-19-20-21-22-23-24-25-26-27-28-29-31-33-35-37-39-41-43-45-63-47-49(48-64-55-53(59)54(67-68(60,61)62)52(58)50(46-56)66-55)65-51(57)44-42-40-38-36-34-32-30-18-16-14-12-10-8-6-4-2/h15,17,20-21,23-24,49-50,52-56,58-59H,3-14,16,18-19,22,25-48H2,1-2H3,(H,60,61,62)/b17-15-,21-20-,24-23-. The number of allylic oxidation sites excluding steroid dienone is 6. The summed E-state index contributed by atoms with van der Waals surface area (Å²) in [5, 5.41) is 30.8. The zero-order valence-electron chi connectivity index (χ0n) is 43.2. The molecule has 0 spiro atoms. The number of rotatable bonds is 49. The van der Waals surface area contributed by atoms with E-state index in [1.54, 1.807) is 0 Å². The van der Waals surface area contributed by atoms with Crippen molar-refractivity contribution in [2.45, 2.75) is 282 Å². The maximum Gasteiger partial charge on any atom is 0.397 e. The highest BCUT2D eigenvalue weighted by atomic mass is 32.3. The molecule has 6 unspecified atom stereocenters. The number of hydrogen-bond acceptors (Lipinski definition) is 11. The number of hydrogen-bond donors (Lipinski definition) is 4. The summed E-state index contributed by atoms with van der Waals surface area (Å²) >= 11 is 0. The summed E-state index contributed by atoms with van der Waals surface area (Å²) in [4.78, 5) is 12.9. The molecule has 0 aromatic heterocycles. The van der Waals surface area contributed by atoms with Crippen molar-refractivity contribution in [1.82, 2.24) is 0 Å². The van der Waals surface area contributed by atoms with E-state index >= 15 is 0 Å². The summed E-state index contributed by atoms with van der Waals surface area (Å²) in [7, 11) is -5.06. The first-order valence-corrected chi connectivity index (χ1v) is 29.1. The molecule has 1 aliphatic rings. The molecule has 0 saturated carbocycles. The van der Waals surface area contributed by atoms with E-state index in [1.807, 2.05) is 0 Å². The number of esters is 1. The lowest BCUT2D eigenvalue weighted by molar-refractivity contribution is -0.301. The molecular formula is C55H102O12S. The predicted molar refractivity (Wildman–Crippen MR) is 276 cm³/mol. The summed E-state index contributed by atoms with van der Waals surface area (Å²) in [6.45, 7) is 4.01. The van der Waals surface area contributed by atoms with E-state index in [4.69, 9.17) is 18.9 Å². The minimum absolute atomic E-state index is 0.0372. The van der Waals surface area contributed by atoms with Crippen LogP contribution in [-0.4, -0.2) is 97.5 Å². The van der Waals surface area contributed by atoms with E-state index in [2.05, 4.69) is 54.5 Å². The second-order valence-electron chi connectivity index (χ2n) is 19.2. The van der Waals surface area contributed by atoms with Crippen LogP contribution >= 0.6 is 0 Å². The normalized spacial score (nSPS) is 19.5. The van der Waals surface area contributed by atoms with Crippen LogP contribution in [0.15, 0.2) is 36.5 Å². The van der Waals surface area contributed by atoms with Crippen molar-refractivity contribution in [3.05, 3.63) is 36.5 Å². The number of aliphatic hydroxyl groups is 3. The van der Waals surface area contributed by atoms with Gasteiger partial charge in [0.1, 0.15) is 30.5 Å². The number of carbonyl (C=O) groups is 1. The van der Waals surface area contributed by atoms with Gasteiger partial charge in [-0.25, -0.2) is 4.18 Å². The number of unbranched alkanes of at least 4 members (excludes halogenated alkanes) is 30. The van der Waals surface area contributed by atoms with E-state index in [0.717, 1.165) is 51.4 Å². The van der Waals surface area contributed by atoms with E-state index in [1.165, 1.54) is 167 Å². The fourth-order valence-corrected chi connectivity index (χ4v) is 9.07. The minimum atomic E-state index is -5.06. The van der Waals surface area contributed by atoms with Gasteiger partial charge in [0.15, 0.2) is 6.29 Å². The van der Waals surface area contributed by atoms with Crippen LogP contribution in [0, 0.1) is 0 Å². The van der Waals surface area contributed by atoms with Crippen molar-refractivity contribution < 1.29 is 56.2 Å². The van der Waals surface area contributed by atoms with Gasteiger partial charge in [0.25, 0.3) is 0 Å². The first-order chi connectivity index (χ1) is 33.1. The van der Waals surface area contributed by atoms with Gasteiger partial charge in [0, 0.05) is 13.0 Å². The first-order valence-electron chi connectivity index (χ1n) is 27.7. The van der Waals surface area contributed by atoms with Crippen molar-refractivity contribution >= 4 is 16.4 Å². The molecule has 6 atom stereocenters. The fraction of sp³-hybridized carbons (Fsp3) is 0.873. The lowest BCUT2D eigenvalue weighted by atomic mass is 9.99. The molecular weight excluding hydrogens is 885 g/mol. The molecule has 0 aromatic rings.